The van der Waals surface area contributed by atoms with E-state index in [4.69, 9.17) is 0 Å². The van der Waals surface area contributed by atoms with Gasteiger partial charge in [0.2, 0.25) is 0 Å². The van der Waals surface area contributed by atoms with Gasteiger partial charge in [0.05, 0.1) is 5.56 Å². The molecule has 6 heteroatoms. The van der Waals surface area contributed by atoms with Crippen molar-refractivity contribution in [3.8, 4) is 0 Å². The highest BCUT2D eigenvalue weighted by atomic mass is 127. The van der Waals surface area contributed by atoms with Gasteiger partial charge >= 0.3 is 0 Å². The second-order valence-corrected chi connectivity index (χ2v) is 4.64. The van der Waals surface area contributed by atoms with Gasteiger partial charge in [-0.25, -0.2) is 13.8 Å². The SMILES string of the molecule is FC(F)c1c(CBr)cc(Br)nc1I. The normalized spacial score (nSPS) is 10.9. The van der Waals surface area contributed by atoms with Gasteiger partial charge in [-0.1, -0.05) is 15.9 Å². The van der Waals surface area contributed by atoms with E-state index in [9.17, 15) is 8.78 Å². The molecule has 1 rings (SSSR count). The van der Waals surface area contributed by atoms with Gasteiger partial charge in [-0.05, 0) is 50.2 Å². The smallest absolute Gasteiger partial charge is 0.234 e. The number of halogens is 5. The van der Waals surface area contributed by atoms with Crippen molar-refractivity contribution in [3.63, 3.8) is 0 Å². The van der Waals surface area contributed by atoms with Crippen molar-refractivity contribution in [2.24, 2.45) is 0 Å². The number of hydrogen-bond acceptors (Lipinski definition) is 1. The van der Waals surface area contributed by atoms with E-state index >= 15 is 0 Å². The molecule has 13 heavy (non-hydrogen) atoms. The summed E-state index contributed by atoms with van der Waals surface area (Å²) in [7, 11) is 0. The molecule has 0 saturated heterocycles. The van der Waals surface area contributed by atoms with Crippen molar-refractivity contribution in [3.05, 3.63) is 25.5 Å². The van der Waals surface area contributed by atoms with E-state index in [1.807, 2.05) is 22.6 Å². The Morgan fingerprint density at radius 3 is 2.62 bits per heavy atom. The third-order valence-electron chi connectivity index (χ3n) is 1.43. The maximum absolute atomic E-state index is 12.5. The van der Waals surface area contributed by atoms with Crippen molar-refractivity contribution in [2.45, 2.75) is 11.8 Å². The van der Waals surface area contributed by atoms with E-state index in [2.05, 4.69) is 36.8 Å². The number of rotatable bonds is 2. The molecule has 0 spiro atoms. The Hall–Kier alpha value is 0.700. The highest BCUT2D eigenvalue weighted by Crippen LogP contribution is 2.30. The van der Waals surface area contributed by atoms with Crippen LogP contribution < -0.4 is 0 Å². The van der Waals surface area contributed by atoms with Crippen LogP contribution in [0.25, 0.3) is 0 Å². The van der Waals surface area contributed by atoms with E-state index in [0.29, 0.717) is 19.2 Å². The summed E-state index contributed by atoms with van der Waals surface area (Å²) in [5.74, 6) is 0. The van der Waals surface area contributed by atoms with E-state index in [0.717, 1.165) is 0 Å². The largest absolute Gasteiger partial charge is 0.266 e. The van der Waals surface area contributed by atoms with Crippen LogP contribution in [0.2, 0.25) is 0 Å². The van der Waals surface area contributed by atoms with Crippen LogP contribution in [0.3, 0.4) is 0 Å². The summed E-state index contributed by atoms with van der Waals surface area (Å²) in [6.45, 7) is 0. The van der Waals surface area contributed by atoms with E-state index in [1.165, 1.54) is 0 Å². The molecule has 0 aromatic carbocycles. The van der Waals surface area contributed by atoms with Crippen LogP contribution in [0, 0.1) is 3.70 Å². The van der Waals surface area contributed by atoms with E-state index in [1.54, 1.807) is 6.07 Å². The van der Waals surface area contributed by atoms with E-state index in [-0.39, 0.29) is 5.56 Å². The fourth-order valence-corrected chi connectivity index (χ4v) is 2.97. The Kier molecular flexibility index (Phi) is 4.50. The molecule has 0 N–H and O–H groups in total. The predicted octanol–water partition coefficient (Wildman–Crippen LogP) is 4.28. The number of hydrogen-bond donors (Lipinski definition) is 0. The Bertz CT molecular complexity index is 320. The summed E-state index contributed by atoms with van der Waals surface area (Å²) in [6, 6.07) is 1.60. The zero-order valence-corrected chi connectivity index (χ0v) is 11.5. The molecule has 1 aromatic rings. The standard InChI is InChI=1S/C7H4Br2F2IN/c8-2-3-1-4(9)13-7(12)5(3)6(10)11/h1,6H,2H2. The molecule has 0 atom stereocenters. The van der Waals surface area contributed by atoms with Crippen molar-refractivity contribution >= 4 is 54.5 Å². The van der Waals surface area contributed by atoms with Crippen molar-refractivity contribution in [1.29, 1.82) is 0 Å². The molecule has 0 unspecified atom stereocenters. The Balaban J connectivity index is 3.30. The first-order chi connectivity index (χ1) is 6.06. The summed E-state index contributed by atoms with van der Waals surface area (Å²) in [4.78, 5) is 3.91. The fraction of sp³-hybridized carbons (Fsp3) is 0.286. The summed E-state index contributed by atoms with van der Waals surface area (Å²) >= 11 is 8.12. The van der Waals surface area contributed by atoms with Crippen molar-refractivity contribution in [1.82, 2.24) is 4.98 Å². The average molecular weight is 427 g/mol. The van der Waals surface area contributed by atoms with Crippen LogP contribution in [-0.4, -0.2) is 4.98 Å². The van der Waals surface area contributed by atoms with Crippen LogP contribution in [-0.2, 0) is 5.33 Å². The lowest BCUT2D eigenvalue weighted by atomic mass is 10.2. The van der Waals surface area contributed by atoms with Gasteiger partial charge in [0, 0.05) is 5.33 Å². The summed E-state index contributed by atoms with van der Waals surface area (Å²) in [6.07, 6.45) is -2.47. The van der Waals surface area contributed by atoms with Gasteiger partial charge in [0.1, 0.15) is 8.30 Å². The lowest BCUT2D eigenvalue weighted by molar-refractivity contribution is 0.149. The molecule has 0 bridgehead atoms. The maximum Gasteiger partial charge on any atom is 0.266 e. The molecule has 0 aliphatic carbocycles. The predicted molar refractivity (Wildman–Crippen MR) is 62.2 cm³/mol. The minimum absolute atomic E-state index is 0.0145. The van der Waals surface area contributed by atoms with Gasteiger partial charge in [0.15, 0.2) is 0 Å². The molecule has 0 amide bonds. The third-order valence-corrected chi connectivity index (χ3v) is 3.26. The third kappa shape index (κ3) is 2.82. The first-order valence-corrected chi connectivity index (χ1v) is 6.24. The minimum atomic E-state index is -2.47. The van der Waals surface area contributed by atoms with Gasteiger partial charge < -0.3 is 0 Å². The summed E-state index contributed by atoms with van der Waals surface area (Å²) in [5, 5.41) is 0.407. The van der Waals surface area contributed by atoms with Gasteiger partial charge in [-0.3, -0.25) is 0 Å². The molecule has 0 aliphatic heterocycles. The second-order valence-electron chi connectivity index (χ2n) is 2.24. The highest BCUT2D eigenvalue weighted by molar-refractivity contribution is 14.1. The molecule has 72 valence electrons. The lowest BCUT2D eigenvalue weighted by Gasteiger charge is -2.08. The molecule has 1 heterocycles. The van der Waals surface area contributed by atoms with Crippen LogP contribution in [0.15, 0.2) is 10.7 Å². The quantitative estimate of drug-likeness (QED) is 0.391. The molecular formula is C7H4Br2F2IN. The molecule has 0 radical (unpaired) electrons. The zero-order valence-electron chi connectivity index (χ0n) is 6.20. The van der Waals surface area contributed by atoms with Crippen LogP contribution in [0.4, 0.5) is 8.78 Å². The number of nitrogens with zero attached hydrogens (tertiary/aromatic N) is 1. The highest BCUT2D eigenvalue weighted by Gasteiger charge is 2.17. The lowest BCUT2D eigenvalue weighted by Crippen LogP contribution is -1.99. The van der Waals surface area contributed by atoms with Crippen LogP contribution >= 0.6 is 54.5 Å². The molecule has 0 fully saturated rings. The Morgan fingerprint density at radius 1 is 1.54 bits per heavy atom. The van der Waals surface area contributed by atoms with Gasteiger partial charge in [-0.15, -0.1) is 0 Å². The zero-order chi connectivity index (χ0) is 10.0. The van der Waals surface area contributed by atoms with Crippen molar-refractivity contribution in [2.75, 3.05) is 0 Å². The molecule has 0 saturated carbocycles. The van der Waals surface area contributed by atoms with Crippen molar-refractivity contribution < 1.29 is 8.78 Å². The monoisotopic (exact) mass is 425 g/mol. The van der Waals surface area contributed by atoms with E-state index < -0.39 is 6.43 Å². The number of aromatic nitrogens is 1. The second kappa shape index (κ2) is 4.97. The first kappa shape index (κ1) is 11.8. The minimum Gasteiger partial charge on any atom is -0.234 e. The summed E-state index contributed by atoms with van der Waals surface area (Å²) in [5.41, 5.74) is 0.585. The fourth-order valence-electron chi connectivity index (χ4n) is 0.881. The topological polar surface area (TPSA) is 12.9 Å². The maximum atomic E-state index is 12.5. The summed E-state index contributed by atoms with van der Waals surface area (Å²) < 4.78 is 26.0. The number of pyridine rings is 1. The Morgan fingerprint density at radius 2 is 2.15 bits per heavy atom. The molecular weight excluding hydrogens is 423 g/mol. The van der Waals surface area contributed by atoms with Crippen LogP contribution in [0.5, 0.6) is 0 Å². The molecule has 1 nitrogen and oxygen atoms in total. The van der Waals surface area contributed by atoms with Gasteiger partial charge in [0.25, 0.3) is 6.43 Å². The number of alkyl halides is 3. The van der Waals surface area contributed by atoms with Crippen LogP contribution in [0.1, 0.15) is 17.6 Å². The molecule has 1 aromatic heterocycles. The molecule has 0 aliphatic rings. The Labute approximate surface area is 105 Å². The average Bonchev–Trinajstić information content (AvgIpc) is 2.01. The van der Waals surface area contributed by atoms with Gasteiger partial charge in [-0.2, -0.15) is 0 Å². The first-order valence-electron chi connectivity index (χ1n) is 3.25.